The first-order valence-electron chi connectivity index (χ1n) is 7.24. The van der Waals surface area contributed by atoms with Crippen molar-refractivity contribution in [2.75, 3.05) is 16.6 Å². The average molecular weight is 309 g/mol. The Morgan fingerprint density at radius 2 is 1.95 bits per heavy atom. The van der Waals surface area contributed by atoms with Crippen LogP contribution in [0.25, 0.3) is 0 Å². The second-order valence-corrected chi connectivity index (χ2v) is 8.79. The summed E-state index contributed by atoms with van der Waals surface area (Å²) in [6.07, 6.45) is 1.61. The van der Waals surface area contributed by atoms with E-state index in [0.717, 1.165) is 24.1 Å². The molecule has 21 heavy (non-hydrogen) atoms. The zero-order valence-corrected chi connectivity index (χ0v) is 14.0. The molecule has 0 atom stereocenters. The van der Waals surface area contributed by atoms with Gasteiger partial charge in [-0.3, -0.25) is 9.10 Å². The van der Waals surface area contributed by atoms with Gasteiger partial charge < -0.3 is 0 Å². The van der Waals surface area contributed by atoms with Crippen molar-refractivity contribution in [3.05, 3.63) is 29.3 Å². The summed E-state index contributed by atoms with van der Waals surface area (Å²) in [6.45, 7) is 7.82. The Labute approximate surface area is 127 Å². The van der Waals surface area contributed by atoms with Crippen LogP contribution in [0.2, 0.25) is 0 Å². The fraction of sp³-hybridized carbons (Fsp3) is 0.562. The molecule has 0 bridgehead atoms. The highest BCUT2D eigenvalue weighted by molar-refractivity contribution is 7.92. The van der Waals surface area contributed by atoms with E-state index in [0.29, 0.717) is 12.1 Å². The molecular weight excluding hydrogens is 286 g/mol. The van der Waals surface area contributed by atoms with Gasteiger partial charge in [0.05, 0.1) is 11.4 Å². The van der Waals surface area contributed by atoms with Gasteiger partial charge in [-0.1, -0.05) is 20.8 Å². The van der Waals surface area contributed by atoms with Gasteiger partial charge in [0.2, 0.25) is 10.0 Å². The molecule has 1 aromatic carbocycles. The van der Waals surface area contributed by atoms with E-state index in [1.165, 1.54) is 11.2 Å². The first-order chi connectivity index (χ1) is 9.60. The normalized spacial score (nSPS) is 15.7. The van der Waals surface area contributed by atoms with Crippen LogP contribution in [0.3, 0.4) is 0 Å². The van der Waals surface area contributed by atoms with Gasteiger partial charge in [0.15, 0.2) is 5.78 Å². The van der Waals surface area contributed by atoms with Gasteiger partial charge in [-0.15, -0.1) is 0 Å². The number of nitrogens with zero attached hydrogens (tertiary/aromatic N) is 1. The number of fused-ring (bicyclic) bond motifs is 1. The summed E-state index contributed by atoms with van der Waals surface area (Å²) in [5, 5.41) is 0. The predicted octanol–water partition coefficient (Wildman–Crippen LogP) is 3.02. The number of benzene rings is 1. The number of hydrogen-bond acceptors (Lipinski definition) is 3. The number of carbonyl (C=O) groups excluding carboxylic acids is 1. The van der Waals surface area contributed by atoms with E-state index in [1.54, 1.807) is 12.1 Å². The molecule has 0 unspecified atom stereocenters. The van der Waals surface area contributed by atoms with Crippen molar-refractivity contribution in [1.29, 1.82) is 0 Å². The quantitative estimate of drug-likeness (QED) is 0.807. The molecule has 0 amide bonds. The van der Waals surface area contributed by atoms with Crippen molar-refractivity contribution in [1.82, 2.24) is 0 Å². The van der Waals surface area contributed by atoms with Crippen LogP contribution in [-0.4, -0.2) is 26.5 Å². The number of hydrogen-bond donors (Lipinski definition) is 0. The fourth-order valence-electron chi connectivity index (χ4n) is 2.70. The first kappa shape index (κ1) is 16.0. The number of aryl methyl sites for hydroxylation is 1. The van der Waals surface area contributed by atoms with Crippen LogP contribution in [-0.2, 0) is 16.4 Å². The second kappa shape index (κ2) is 5.44. The molecule has 5 heteroatoms. The smallest absolute Gasteiger partial charge is 0.235 e. The first-order valence-corrected chi connectivity index (χ1v) is 8.85. The highest BCUT2D eigenvalue weighted by Crippen LogP contribution is 2.32. The molecule has 116 valence electrons. The molecule has 1 heterocycles. The summed E-state index contributed by atoms with van der Waals surface area (Å²) in [7, 11) is -3.34. The Morgan fingerprint density at radius 3 is 2.52 bits per heavy atom. The summed E-state index contributed by atoms with van der Waals surface area (Å²) < 4.78 is 26.8. The molecule has 0 radical (unpaired) electrons. The van der Waals surface area contributed by atoms with Crippen LogP contribution in [0.1, 0.15) is 50.0 Å². The Kier molecular flexibility index (Phi) is 4.15. The lowest BCUT2D eigenvalue weighted by Gasteiger charge is -2.33. The lowest BCUT2D eigenvalue weighted by atomic mass is 9.99. The van der Waals surface area contributed by atoms with E-state index in [-0.39, 0.29) is 17.0 Å². The Bertz CT molecular complexity index is 657. The van der Waals surface area contributed by atoms with Gasteiger partial charge in [0.25, 0.3) is 0 Å². The monoisotopic (exact) mass is 309 g/mol. The second-order valence-electron chi connectivity index (χ2n) is 6.89. The maximum absolute atomic E-state index is 12.6. The lowest BCUT2D eigenvalue weighted by molar-refractivity contribution is 0.101. The van der Waals surface area contributed by atoms with Gasteiger partial charge in [-0.25, -0.2) is 8.42 Å². The lowest BCUT2D eigenvalue weighted by Crippen LogP contribution is -2.40. The zero-order valence-electron chi connectivity index (χ0n) is 13.1. The number of rotatable bonds is 3. The molecule has 0 spiro atoms. The van der Waals surface area contributed by atoms with Gasteiger partial charge >= 0.3 is 0 Å². The number of Topliss-reactive ketones (excluding diaryl/α,β-unsaturated/α-hetero) is 1. The number of carbonyl (C=O) groups is 1. The van der Waals surface area contributed by atoms with E-state index in [4.69, 9.17) is 0 Å². The number of ketones is 1. The summed E-state index contributed by atoms with van der Waals surface area (Å²) in [6, 6.07) is 5.31. The average Bonchev–Trinajstić information content (AvgIpc) is 2.34. The van der Waals surface area contributed by atoms with Crippen molar-refractivity contribution in [3.63, 3.8) is 0 Å². The predicted molar refractivity (Wildman–Crippen MR) is 85.4 cm³/mol. The SMILES string of the molecule is CC(=O)c1ccc2c(c1)CCCN2S(=O)(=O)CC(C)(C)C. The zero-order chi connectivity index (χ0) is 15.8. The molecule has 1 aliphatic rings. The molecule has 0 N–H and O–H groups in total. The van der Waals surface area contributed by atoms with Crippen molar-refractivity contribution in [3.8, 4) is 0 Å². The standard InChI is InChI=1S/C16H23NO3S/c1-12(18)13-7-8-15-14(10-13)6-5-9-17(15)21(19,20)11-16(2,3)4/h7-8,10H,5-6,9,11H2,1-4H3. The van der Waals surface area contributed by atoms with Gasteiger partial charge in [-0.2, -0.15) is 0 Å². The molecule has 1 aromatic rings. The third-order valence-electron chi connectivity index (χ3n) is 3.51. The van der Waals surface area contributed by atoms with E-state index >= 15 is 0 Å². The minimum absolute atomic E-state index is 0.00692. The summed E-state index contributed by atoms with van der Waals surface area (Å²) >= 11 is 0. The molecule has 0 aliphatic carbocycles. The molecule has 0 fully saturated rings. The van der Waals surface area contributed by atoms with Gasteiger partial charge in [0.1, 0.15) is 0 Å². The van der Waals surface area contributed by atoms with Crippen LogP contribution in [0.5, 0.6) is 0 Å². The molecule has 0 saturated heterocycles. The topological polar surface area (TPSA) is 54.5 Å². The number of sulfonamides is 1. The van der Waals surface area contributed by atoms with Crippen LogP contribution in [0, 0.1) is 5.41 Å². The Balaban J connectivity index is 2.41. The van der Waals surface area contributed by atoms with Crippen LogP contribution < -0.4 is 4.31 Å². The van der Waals surface area contributed by atoms with E-state index < -0.39 is 10.0 Å². The molecular formula is C16H23NO3S. The molecule has 1 aliphatic heterocycles. The number of anilines is 1. The summed E-state index contributed by atoms with van der Waals surface area (Å²) in [5.41, 5.74) is 2.04. The Morgan fingerprint density at radius 1 is 1.29 bits per heavy atom. The van der Waals surface area contributed by atoms with Crippen molar-refractivity contribution in [2.45, 2.75) is 40.5 Å². The van der Waals surface area contributed by atoms with E-state index in [9.17, 15) is 13.2 Å². The van der Waals surface area contributed by atoms with Crippen molar-refractivity contribution >= 4 is 21.5 Å². The maximum Gasteiger partial charge on any atom is 0.235 e. The summed E-state index contributed by atoms with van der Waals surface area (Å²) in [5.74, 6) is 0.126. The van der Waals surface area contributed by atoms with Crippen molar-refractivity contribution < 1.29 is 13.2 Å². The van der Waals surface area contributed by atoms with E-state index in [2.05, 4.69) is 0 Å². The van der Waals surface area contributed by atoms with Crippen LogP contribution in [0.4, 0.5) is 5.69 Å². The van der Waals surface area contributed by atoms with Gasteiger partial charge in [0, 0.05) is 12.1 Å². The molecule has 0 saturated carbocycles. The maximum atomic E-state index is 12.6. The fourth-order valence-corrected chi connectivity index (χ4v) is 4.83. The van der Waals surface area contributed by atoms with Crippen LogP contribution >= 0.6 is 0 Å². The summed E-state index contributed by atoms with van der Waals surface area (Å²) in [4.78, 5) is 11.5. The van der Waals surface area contributed by atoms with Gasteiger partial charge in [-0.05, 0) is 48.9 Å². The minimum Gasteiger partial charge on any atom is -0.295 e. The van der Waals surface area contributed by atoms with E-state index in [1.807, 2.05) is 26.8 Å². The third kappa shape index (κ3) is 3.64. The van der Waals surface area contributed by atoms with Crippen LogP contribution in [0.15, 0.2) is 18.2 Å². The highest BCUT2D eigenvalue weighted by atomic mass is 32.2. The largest absolute Gasteiger partial charge is 0.295 e. The minimum atomic E-state index is -3.34. The highest BCUT2D eigenvalue weighted by Gasteiger charge is 2.31. The van der Waals surface area contributed by atoms with Crippen molar-refractivity contribution in [2.24, 2.45) is 5.41 Å². The molecule has 2 rings (SSSR count). The molecule has 4 nitrogen and oxygen atoms in total. The third-order valence-corrected chi connectivity index (χ3v) is 5.79. The Hall–Kier alpha value is -1.36. The molecule has 0 aromatic heterocycles.